The van der Waals surface area contributed by atoms with Gasteiger partial charge in [0.2, 0.25) is 5.91 Å². The van der Waals surface area contributed by atoms with Crippen LogP contribution >= 0.6 is 0 Å². The first-order chi connectivity index (χ1) is 16.9. The van der Waals surface area contributed by atoms with E-state index in [1.165, 1.54) is 0 Å². The third-order valence-electron chi connectivity index (χ3n) is 4.68. The smallest absolute Gasteiger partial charge is 0.481 e. The molecular weight excluding hydrogens is 485 g/mol. The lowest BCUT2D eigenvalue weighted by atomic mass is 10.1. The number of carbonyl (C=O) groups excluding carboxylic acids is 1. The first kappa shape index (κ1) is 30.1. The number of alkyl halides is 3. The van der Waals surface area contributed by atoms with Crippen LogP contribution < -0.4 is 5.32 Å². The molecule has 2 aromatic rings. The quantitative estimate of drug-likeness (QED) is 0.340. The molecule has 0 aliphatic carbocycles. The van der Waals surface area contributed by atoms with Crippen LogP contribution in [0.15, 0.2) is 60.7 Å². The van der Waals surface area contributed by atoms with Gasteiger partial charge in [0.25, 0.3) is 0 Å². The number of rotatable bonds is 12. The second kappa shape index (κ2) is 15.1. The van der Waals surface area contributed by atoms with Gasteiger partial charge in [-0.25, -0.2) is 9.59 Å². The molecule has 1 amide bonds. The number of nitrogens with one attached hydrogen (secondary N) is 1. The minimum Gasteiger partial charge on any atom is -0.481 e. The van der Waals surface area contributed by atoms with Crippen LogP contribution in [0.2, 0.25) is 0 Å². The van der Waals surface area contributed by atoms with Gasteiger partial charge in [-0.15, -0.1) is 0 Å². The van der Waals surface area contributed by atoms with Gasteiger partial charge in [-0.1, -0.05) is 60.7 Å². The lowest BCUT2D eigenvalue weighted by Gasteiger charge is -2.23. The zero-order chi connectivity index (χ0) is 27.1. The van der Waals surface area contributed by atoms with E-state index >= 15 is 0 Å². The van der Waals surface area contributed by atoms with Crippen molar-refractivity contribution in [3.8, 4) is 0 Å². The van der Waals surface area contributed by atoms with Gasteiger partial charge >= 0.3 is 24.1 Å². The maximum absolute atomic E-state index is 12.3. The van der Waals surface area contributed by atoms with Gasteiger partial charge in [-0.3, -0.25) is 14.5 Å². The summed E-state index contributed by atoms with van der Waals surface area (Å²) in [6, 6.07) is 18.6. The van der Waals surface area contributed by atoms with Crippen molar-refractivity contribution in [2.45, 2.75) is 44.6 Å². The van der Waals surface area contributed by atoms with E-state index in [9.17, 15) is 32.7 Å². The Morgan fingerprint density at radius 1 is 0.806 bits per heavy atom. The second-order valence-corrected chi connectivity index (χ2v) is 7.63. The second-order valence-electron chi connectivity index (χ2n) is 7.63. The van der Waals surface area contributed by atoms with Crippen LogP contribution in [0.25, 0.3) is 0 Å². The fourth-order valence-corrected chi connectivity index (χ4v) is 2.95. The third-order valence-corrected chi connectivity index (χ3v) is 4.68. The van der Waals surface area contributed by atoms with Crippen molar-refractivity contribution in [3.63, 3.8) is 0 Å². The molecule has 0 fully saturated rings. The molecule has 4 N–H and O–H groups in total. The fourth-order valence-electron chi connectivity index (χ4n) is 2.95. The first-order valence-corrected chi connectivity index (χ1v) is 10.7. The predicted octanol–water partition coefficient (Wildman–Crippen LogP) is 3.15. The predicted molar refractivity (Wildman–Crippen MR) is 122 cm³/mol. The number of carbonyl (C=O) groups is 4. The van der Waals surface area contributed by atoms with E-state index in [-0.39, 0.29) is 19.3 Å². The standard InChI is InChI=1S/C22H26N2O5.C2HF3O2/c25-20(23-19(22(28)29)11-12-21(26)27)13-14-24(15-17-7-3-1-4-8-17)16-18-9-5-2-6-10-18;3-2(4,5)1(6)7/h1-10,19H,11-16H2,(H,23,25)(H,26,27)(H,28,29);(H,6,7)/t19-;/m0./s1. The largest absolute Gasteiger partial charge is 0.490 e. The van der Waals surface area contributed by atoms with Gasteiger partial charge in [0.05, 0.1) is 0 Å². The third kappa shape index (κ3) is 13.1. The lowest BCUT2D eigenvalue weighted by Crippen LogP contribution is -2.42. The van der Waals surface area contributed by atoms with Crippen LogP contribution in [0.4, 0.5) is 13.2 Å². The van der Waals surface area contributed by atoms with E-state index in [0.717, 1.165) is 11.1 Å². The maximum atomic E-state index is 12.3. The number of carboxylic acids is 3. The molecule has 0 saturated heterocycles. The summed E-state index contributed by atoms with van der Waals surface area (Å²) >= 11 is 0. The molecule has 0 unspecified atom stereocenters. The molecular formula is C24H27F3N2O7. The Bertz CT molecular complexity index is 945. The zero-order valence-corrected chi connectivity index (χ0v) is 19.1. The summed E-state index contributed by atoms with van der Waals surface area (Å²) in [7, 11) is 0. The molecule has 9 nitrogen and oxygen atoms in total. The van der Waals surface area contributed by atoms with Crippen LogP contribution in [-0.4, -0.2) is 62.8 Å². The van der Waals surface area contributed by atoms with Crippen LogP contribution in [0, 0.1) is 0 Å². The highest BCUT2D eigenvalue weighted by molar-refractivity contribution is 5.84. The van der Waals surface area contributed by atoms with Crippen molar-refractivity contribution < 1.29 is 47.7 Å². The number of hydrogen-bond acceptors (Lipinski definition) is 5. The average molecular weight is 512 g/mol. The van der Waals surface area contributed by atoms with Gasteiger partial charge in [-0.2, -0.15) is 13.2 Å². The van der Waals surface area contributed by atoms with Crippen LogP contribution in [0.5, 0.6) is 0 Å². The Labute approximate surface area is 205 Å². The van der Waals surface area contributed by atoms with Crippen LogP contribution in [0.1, 0.15) is 30.4 Å². The number of aliphatic carboxylic acids is 3. The van der Waals surface area contributed by atoms with E-state index in [0.29, 0.717) is 19.6 Å². The summed E-state index contributed by atoms with van der Waals surface area (Å²) in [4.78, 5) is 45.2. The topological polar surface area (TPSA) is 144 Å². The lowest BCUT2D eigenvalue weighted by molar-refractivity contribution is -0.192. The molecule has 0 saturated carbocycles. The molecule has 0 aliphatic rings. The van der Waals surface area contributed by atoms with Crippen molar-refractivity contribution in [1.29, 1.82) is 0 Å². The van der Waals surface area contributed by atoms with Gasteiger partial charge < -0.3 is 20.6 Å². The van der Waals surface area contributed by atoms with Crippen molar-refractivity contribution >= 4 is 23.8 Å². The van der Waals surface area contributed by atoms with Gasteiger partial charge in [-0.05, 0) is 17.5 Å². The first-order valence-electron chi connectivity index (χ1n) is 10.7. The summed E-state index contributed by atoms with van der Waals surface area (Å²) in [6.45, 7) is 1.76. The van der Waals surface area contributed by atoms with Crippen molar-refractivity contribution in [2.24, 2.45) is 0 Å². The highest BCUT2D eigenvalue weighted by Gasteiger charge is 2.38. The Hall–Kier alpha value is -3.93. The highest BCUT2D eigenvalue weighted by atomic mass is 19.4. The summed E-state index contributed by atoms with van der Waals surface area (Å²) in [5, 5.41) is 27.5. The SMILES string of the molecule is O=C(O)C(F)(F)F.O=C(O)CC[C@H](NC(=O)CCN(Cc1ccccc1)Cc1ccccc1)C(=O)O. The van der Waals surface area contributed by atoms with Crippen molar-refractivity contribution in [1.82, 2.24) is 10.2 Å². The molecule has 196 valence electrons. The molecule has 0 heterocycles. The van der Waals surface area contributed by atoms with E-state index in [1.54, 1.807) is 0 Å². The van der Waals surface area contributed by atoms with Gasteiger partial charge in [0, 0.05) is 32.5 Å². The van der Waals surface area contributed by atoms with E-state index < -0.39 is 36.0 Å². The highest BCUT2D eigenvalue weighted by Crippen LogP contribution is 2.13. The normalized spacial score (nSPS) is 11.7. The van der Waals surface area contributed by atoms with Crippen LogP contribution in [-0.2, 0) is 32.3 Å². The zero-order valence-electron chi connectivity index (χ0n) is 19.1. The Morgan fingerprint density at radius 3 is 1.61 bits per heavy atom. The fraction of sp³-hybridized carbons (Fsp3) is 0.333. The molecule has 2 rings (SSSR count). The van der Waals surface area contributed by atoms with Gasteiger partial charge in [0.1, 0.15) is 6.04 Å². The van der Waals surface area contributed by atoms with E-state index in [2.05, 4.69) is 10.2 Å². The molecule has 0 aromatic heterocycles. The molecule has 36 heavy (non-hydrogen) atoms. The van der Waals surface area contributed by atoms with Crippen molar-refractivity contribution in [3.05, 3.63) is 71.8 Å². The van der Waals surface area contributed by atoms with Gasteiger partial charge in [0.15, 0.2) is 0 Å². The minimum absolute atomic E-state index is 0.122. The number of amides is 1. The Morgan fingerprint density at radius 2 is 1.25 bits per heavy atom. The number of benzene rings is 2. The summed E-state index contributed by atoms with van der Waals surface area (Å²) < 4.78 is 31.7. The Kier molecular flexibility index (Phi) is 12.7. The molecule has 0 bridgehead atoms. The van der Waals surface area contributed by atoms with E-state index in [1.807, 2.05) is 60.7 Å². The molecule has 1 atom stereocenters. The number of nitrogens with zero attached hydrogens (tertiary/aromatic N) is 1. The molecule has 12 heteroatoms. The minimum atomic E-state index is -5.08. The number of halogens is 3. The summed E-state index contributed by atoms with van der Waals surface area (Å²) in [5.74, 6) is -5.49. The molecule has 0 aliphatic heterocycles. The number of carboxylic acid groups (broad SMARTS) is 3. The summed E-state index contributed by atoms with van der Waals surface area (Å²) in [6.07, 6.45) is -5.42. The monoisotopic (exact) mass is 512 g/mol. The van der Waals surface area contributed by atoms with Crippen molar-refractivity contribution in [2.75, 3.05) is 6.54 Å². The van der Waals surface area contributed by atoms with E-state index in [4.69, 9.17) is 15.0 Å². The molecule has 2 aromatic carbocycles. The average Bonchev–Trinajstić information content (AvgIpc) is 2.81. The maximum Gasteiger partial charge on any atom is 0.490 e. The Balaban J connectivity index is 0.000000809. The molecule has 0 radical (unpaired) electrons. The number of hydrogen-bond donors (Lipinski definition) is 4. The van der Waals surface area contributed by atoms with Crippen LogP contribution in [0.3, 0.4) is 0 Å². The molecule has 0 spiro atoms. The summed E-state index contributed by atoms with van der Waals surface area (Å²) in [5.41, 5.74) is 2.24.